The third kappa shape index (κ3) is 5.53. The average molecular weight is 375 g/mol. The van der Waals surface area contributed by atoms with Gasteiger partial charge in [0.15, 0.2) is 0 Å². The molecular weight excluding hydrogens is 340 g/mol. The van der Waals surface area contributed by atoms with E-state index < -0.39 is 0 Å². The number of likely N-dealkylation sites (N-methyl/N-ethyl adjacent to an activating group) is 2. The third-order valence-corrected chi connectivity index (χ3v) is 5.48. The minimum absolute atomic E-state index is 0.0944. The van der Waals surface area contributed by atoms with Gasteiger partial charge in [0.2, 0.25) is 11.8 Å². The van der Waals surface area contributed by atoms with Gasteiger partial charge in [0.1, 0.15) is 0 Å². The zero-order valence-electron chi connectivity index (χ0n) is 17.6. The number of hydrogen-bond donors (Lipinski definition) is 1. The molecule has 1 N–H and O–H groups in total. The molecule has 150 valence electrons. The number of nitrogens with zero attached hydrogens (tertiary/aromatic N) is 3. The number of aryl methyl sites for hydroxylation is 3. The van der Waals surface area contributed by atoms with Crippen LogP contribution in [0.3, 0.4) is 0 Å². The van der Waals surface area contributed by atoms with Gasteiger partial charge in [0, 0.05) is 31.9 Å². The molecule has 0 radical (unpaired) electrons. The molecular formula is C21H34N4O2. The summed E-state index contributed by atoms with van der Waals surface area (Å²) in [5.74, 6) is 0.00626. The summed E-state index contributed by atoms with van der Waals surface area (Å²) < 4.78 is 0. The predicted octanol–water partition coefficient (Wildman–Crippen LogP) is 2.03. The van der Waals surface area contributed by atoms with Crippen LogP contribution in [0.1, 0.15) is 30.5 Å². The Morgan fingerprint density at radius 2 is 1.67 bits per heavy atom. The summed E-state index contributed by atoms with van der Waals surface area (Å²) in [5, 5.41) is 3.01. The quantitative estimate of drug-likeness (QED) is 0.828. The molecule has 0 aromatic heterocycles. The topological polar surface area (TPSA) is 55.9 Å². The van der Waals surface area contributed by atoms with Gasteiger partial charge in [0.25, 0.3) is 0 Å². The van der Waals surface area contributed by atoms with Gasteiger partial charge in [0.05, 0.1) is 12.6 Å². The summed E-state index contributed by atoms with van der Waals surface area (Å²) in [6.45, 7) is 14.7. The van der Waals surface area contributed by atoms with E-state index in [1.165, 1.54) is 5.56 Å². The van der Waals surface area contributed by atoms with Crippen molar-refractivity contribution in [3.8, 4) is 0 Å². The van der Waals surface area contributed by atoms with Gasteiger partial charge in [-0.25, -0.2) is 0 Å². The van der Waals surface area contributed by atoms with E-state index in [2.05, 4.69) is 29.3 Å². The van der Waals surface area contributed by atoms with Crippen molar-refractivity contribution < 1.29 is 9.59 Å². The summed E-state index contributed by atoms with van der Waals surface area (Å²) in [6.07, 6.45) is 0. The molecule has 6 nitrogen and oxygen atoms in total. The second kappa shape index (κ2) is 9.33. The lowest BCUT2D eigenvalue weighted by molar-refractivity contribution is -0.138. The first kappa shape index (κ1) is 21.4. The average Bonchev–Trinajstić information content (AvgIpc) is 2.63. The highest BCUT2D eigenvalue weighted by molar-refractivity contribution is 5.94. The third-order valence-electron chi connectivity index (χ3n) is 5.48. The lowest BCUT2D eigenvalue weighted by Crippen LogP contribution is -2.54. The Labute approximate surface area is 163 Å². The summed E-state index contributed by atoms with van der Waals surface area (Å²) in [6, 6.07) is 3.81. The number of hydrogen-bond acceptors (Lipinski definition) is 4. The molecule has 2 rings (SSSR count). The van der Waals surface area contributed by atoms with Crippen LogP contribution in [0.5, 0.6) is 0 Å². The predicted molar refractivity (Wildman–Crippen MR) is 110 cm³/mol. The Bertz CT molecular complexity index is 658. The van der Waals surface area contributed by atoms with Crippen molar-refractivity contribution in [2.75, 3.05) is 51.6 Å². The first-order valence-corrected chi connectivity index (χ1v) is 9.82. The Hall–Kier alpha value is -1.92. The van der Waals surface area contributed by atoms with E-state index in [1.54, 1.807) is 0 Å². The number of benzene rings is 1. The van der Waals surface area contributed by atoms with Gasteiger partial charge in [-0.3, -0.25) is 14.5 Å². The van der Waals surface area contributed by atoms with E-state index in [9.17, 15) is 9.59 Å². The summed E-state index contributed by atoms with van der Waals surface area (Å²) in [4.78, 5) is 31.4. The largest absolute Gasteiger partial charge is 0.339 e. The SMILES string of the molecule is CCN1CCN(C(=O)[C@@H](C)N(C)CC(=O)Nc2c(C)cc(C)cc2C)CC1. The smallest absolute Gasteiger partial charge is 0.239 e. The molecule has 1 aliphatic heterocycles. The van der Waals surface area contributed by atoms with Gasteiger partial charge < -0.3 is 15.1 Å². The fourth-order valence-corrected chi connectivity index (χ4v) is 3.66. The molecule has 1 saturated heterocycles. The molecule has 6 heteroatoms. The van der Waals surface area contributed by atoms with E-state index in [0.29, 0.717) is 0 Å². The van der Waals surface area contributed by atoms with Crippen LogP contribution in [-0.2, 0) is 9.59 Å². The molecule has 2 amide bonds. The van der Waals surface area contributed by atoms with E-state index in [-0.39, 0.29) is 24.4 Å². The fourth-order valence-electron chi connectivity index (χ4n) is 3.66. The maximum Gasteiger partial charge on any atom is 0.239 e. The Morgan fingerprint density at radius 1 is 1.11 bits per heavy atom. The second-order valence-corrected chi connectivity index (χ2v) is 7.67. The normalized spacial score (nSPS) is 16.5. The van der Waals surface area contributed by atoms with Crippen molar-refractivity contribution in [3.05, 3.63) is 28.8 Å². The molecule has 27 heavy (non-hydrogen) atoms. The van der Waals surface area contributed by atoms with Crippen LogP contribution >= 0.6 is 0 Å². The molecule has 0 aliphatic carbocycles. The van der Waals surface area contributed by atoms with Crippen molar-refractivity contribution in [2.45, 2.75) is 40.7 Å². The van der Waals surface area contributed by atoms with Crippen molar-refractivity contribution in [1.29, 1.82) is 0 Å². The van der Waals surface area contributed by atoms with Crippen LogP contribution in [0.15, 0.2) is 12.1 Å². The van der Waals surface area contributed by atoms with Crippen molar-refractivity contribution >= 4 is 17.5 Å². The molecule has 0 spiro atoms. The Morgan fingerprint density at radius 3 is 2.19 bits per heavy atom. The highest BCUT2D eigenvalue weighted by atomic mass is 16.2. The number of rotatable bonds is 6. The molecule has 1 aliphatic rings. The van der Waals surface area contributed by atoms with Gasteiger partial charge >= 0.3 is 0 Å². The molecule has 1 aromatic rings. The van der Waals surface area contributed by atoms with Crippen molar-refractivity contribution in [2.24, 2.45) is 0 Å². The molecule has 1 fully saturated rings. The van der Waals surface area contributed by atoms with Gasteiger partial charge in [-0.15, -0.1) is 0 Å². The van der Waals surface area contributed by atoms with Gasteiger partial charge in [-0.2, -0.15) is 0 Å². The number of carbonyl (C=O) groups is 2. The number of nitrogens with one attached hydrogen (secondary N) is 1. The van der Waals surface area contributed by atoms with Crippen LogP contribution < -0.4 is 5.32 Å². The standard InChI is InChI=1S/C21H34N4O2/c1-7-24-8-10-25(11-9-24)21(27)18(5)23(6)14-19(26)22-20-16(3)12-15(2)13-17(20)4/h12-13,18H,7-11,14H2,1-6H3,(H,22,26)/t18-/m1/s1. The van der Waals surface area contributed by atoms with Crippen molar-refractivity contribution in [1.82, 2.24) is 14.7 Å². The van der Waals surface area contributed by atoms with Gasteiger partial charge in [-0.05, 0) is 52.4 Å². The number of anilines is 1. The first-order valence-electron chi connectivity index (χ1n) is 9.82. The maximum atomic E-state index is 12.8. The lowest BCUT2D eigenvalue weighted by Gasteiger charge is -2.36. The molecule has 0 unspecified atom stereocenters. The fraction of sp³-hybridized carbons (Fsp3) is 0.619. The Balaban J connectivity index is 1.91. The zero-order chi connectivity index (χ0) is 20.1. The molecule has 1 atom stereocenters. The van der Waals surface area contributed by atoms with Crippen LogP contribution in [0.2, 0.25) is 0 Å². The van der Waals surface area contributed by atoms with Crippen LogP contribution in [0, 0.1) is 20.8 Å². The molecule has 0 bridgehead atoms. The Kier molecular flexibility index (Phi) is 7.39. The van der Waals surface area contributed by atoms with E-state index in [4.69, 9.17) is 0 Å². The monoisotopic (exact) mass is 374 g/mol. The van der Waals surface area contributed by atoms with E-state index in [0.717, 1.165) is 49.5 Å². The highest BCUT2D eigenvalue weighted by Gasteiger charge is 2.27. The minimum Gasteiger partial charge on any atom is -0.339 e. The lowest BCUT2D eigenvalue weighted by atomic mass is 10.1. The van der Waals surface area contributed by atoms with Crippen LogP contribution in [-0.4, -0.2) is 78.9 Å². The van der Waals surface area contributed by atoms with Crippen LogP contribution in [0.4, 0.5) is 5.69 Å². The summed E-state index contributed by atoms with van der Waals surface area (Å²) in [5.41, 5.74) is 4.17. The van der Waals surface area contributed by atoms with E-state index in [1.807, 2.05) is 44.5 Å². The number of carbonyl (C=O) groups excluding carboxylic acids is 2. The molecule has 0 saturated carbocycles. The maximum absolute atomic E-state index is 12.8. The summed E-state index contributed by atoms with van der Waals surface area (Å²) >= 11 is 0. The second-order valence-electron chi connectivity index (χ2n) is 7.67. The zero-order valence-corrected chi connectivity index (χ0v) is 17.6. The first-order chi connectivity index (χ1) is 12.7. The molecule has 1 heterocycles. The van der Waals surface area contributed by atoms with Gasteiger partial charge in [-0.1, -0.05) is 24.6 Å². The highest BCUT2D eigenvalue weighted by Crippen LogP contribution is 2.21. The van der Waals surface area contributed by atoms with E-state index >= 15 is 0 Å². The van der Waals surface area contributed by atoms with Crippen LogP contribution in [0.25, 0.3) is 0 Å². The summed E-state index contributed by atoms with van der Waals surface area (Å²) in [7, 11) is 1.83. The minimum atomic E-state index is -0.316. The molecule has 1 aromatic carbocycles. The number of piperazine rings is 1. The number of amides is 2. The van der Waals surface area contributed by atoms with Crippen molar-refractivity contribution in [3.63, 3.8) is 0 Å².